The van der Waals surface area contributed by atoms with Crippen molar-refractivity contribution in [1.82, 2.24) is 4.90 Å². The summed E-state index contributed by atoms with van der Waals surface area (Å²) in [6.45, 7) is 6.57. The Morgan fingerprint density at radius 3 is 1.93 bits per heavy atom. The molecule has 0 unspecified atom stereocenters. The van der Waals surface area contributed by atoms with E-state index in [9.17, 15) is 9.59 Å². The van der Waals surface area contributed by atoms with E-state index in [-0.39, 0.29) is 11.8 Å². The Bertz CT molecular complexity index is 953. The second kappa shape index (κ2) is 7.81. The van der Waals surface area contributed by atoms with E-state index < -0.39 is 0 Å². The van der Waals surface area contributed by atoms with Gasteiger partial charge in [-0.25, -0.2) is 4.90 Å². The predicted molar refractivity (Wildman–Crippen MR) is 112 cm³/mol. The van der Waals surface area contributed by atoms with Crippen LogP contribution in [0.3, 0.4) is 0 Å². The van der Waals surface area contributed by atoms with Crippen molar-refractivity contribution in [2.24, 2.45) is 0 Å². The maximum atomic E-state index is 13.0. The fourth-order valence-corrected chi connectivity index (χ4v) is 4.57. The second-order valence-electron chi connectivity index (χ2n) is 7.87. The number of rotatable bonds is 6. The normalized spacial score (nSPS) is 15.7. The average Bonchev–Trinajstić information content (AvgIpc) is 3.25. The molecule has 4 rings (SSSR count). The van der Waals surface area contributed by atoms with Crippen LogP contribution in [0.1, 0.15) is 64.1 Å². The number of imide groups is 1. The molecular formula is C24H25N3O2. The van der Waals surface area contributed by atoms with Crippen LogP contribution in [-0.2, 0) is 12.8 Å². The monoisotopic (exact) mass is 387 g/mol. The van der Waals surface area contributed by atoms with E-state index >= 15 is 0 Å². The summed E-state index contributed by atoms with van der Waals surface area (Å²) >= 11 is 0. The maximum Gasteiger partial charge on any atom is 0.266 e. The van der Waals surface area contributed by atoms with E-state index in [0.29, 0.717) is 28.4 Å². The lowest BCUT2D eigenvalue weighted by Crippen LogP contribution is -2.37. The number of carbonyl (C=O) groups excluding carboxylic acids is 2. The van der Waals surface area contributed by atoms with Gasteiger partial charge in [-0.3, -0.25) is 14.5 Å². The number of amides is 2. The highest BCUT2D eigenvalue weighted by atomic mass is 16.2. The van der Waals surface area contributed by atoms with Crippen LogP contribution in [0.5, 0.6) is 0 Å². The third-order valence-corrected chi connectivity index (χ3v) is 5.91. The Balaban J connectivity index is 1.61. The number of nitriles is 1. The number of fused-ring (bicyclic) bond motifs is 2. The first-order valence-corrected chi connectivity index (χ1v) is 10.4. The van der Waals surface area contributed by atoms with Crippen LogP contribution < -0.4 is 4.90 Å². The van der Waals surface area contributed by atoms with Gasteiger partial charge in [-0.2, -0.15) is 5.26 Å². The first-order chi connectivity index (χ1) is 14.1. The van der Waals surface area contributed by atoms with E-state index in [1.807, 2.05) is 12.1 Å². The molecule has 0 fully saturated rings. The molecule has 0 spiro atoms. The molecule has 5 nitrogen and oxygen atoms in total. The molecule has 1 aliphatic heterocycles. The molecule has 2 aliphatic rings. The highest BCUT2D eigenvalue weighted by Gasteiger charge is 2.39. The zero-order valence-electron chi connectivity index (χ0n) is 16.9. The van der Waals surface area contributed by atoms with Gasteiger partial charge in [-0.15, -0.1) is 0 Å². The molecule has 2 aromatic carbocycles. The van der Waals surface area contributed by atoms with Crippen LogP contribution in [0.25, 0.3) is 0 Å². The van der Waals surface area contributed by atoms with Crippen LogP contribution in [-0.4, -0.2) is 35.8 Å². The number of nitrogens with zero attached hydrogens (tertiary/aromatic N) is 3. The lowest BCUT2D eigenvalue weighted by molar-refractivity contribution is 0.0926. The summed E-state index contributed by atoms with van der Waals surface area (Å²) in [6, 6.07) is 12.9. The fraction of sp³-hybridized carbons (Fsp3) is 0.375. The van der Waals surface area contributed by atoms with Gasteiger partial charge >= 0.3 is 0 Å². The summed E-state index contributed by atoms with van der Waals surface area (Å²) in [5.41, 5.74) is 4.37. The standard InChI is InChI=1S/C24H25N3O2/c1-3-9-26(10-4-2)20-11-17-13-21-22(14-18(17)12-20)24(29)27(23(21)28)19-7-5-16(15-25)6-8-19/h5-8,13-14,20H,3-4,9-12H2,1-2H3. The minimum Gasteiger partial charge on any atom is -0.300 e. The average molecular weight is 387 g/mol. The molecule has 0 N–H and O–H groups in total. The molecule has 0 bridgehead atoms. The van der Waals surface area contributed by atoms with Crippen LogP contribution in [0, 0.1) is 11.3 Å². The third-order valence-electron chi connectivity index (χ3n) is 5.91. The largest absolute Gasteiger partial charge is 0.300 e. The summed E-state index contributed by atoms with van der Waals surface area (Å²) in [7, 11) is 0. The van der Waals surface area contributed by atoms with Gasteiger partial charge in [0.2, 0.25) is 0 Å². The van der Waals surface area contributed by atoms with E-state index in [1.165, 1.54) is 16.0 Å². The van der Waals surface area contributed by atoms with Gasteiger partial charge in [0.05, 0.1) is 28.4 Å². The maximum absolute atomic E-state index is 13.0. The van der Waals surface area contributed by atoms with Crippen LogP contribution in [0.2, 0.25) is 0 Å². The van der Waals surface area contributed by atoms with E-state index in [2.05, 4.69) is 24.8 Å². The molecule has 2 amide bonds. The number of hydrogen-bond acceptors (Lipinski definition) is 4. The molecule has 2 aromatic rings. The van der Waals surface area contributed by atoms with Crippen molar-refractivity contribution in [2.45, 2.75) is 45.6 Å². The summed E-state index contributed by atoms with van der Waals surface area (Å²) < 4.78 is 0. The van der Waals surface area contributed by atoms with E-state index in [0.717, 1.165) is 38.8 Å². The van der Waals surface area contributed by atoms with Gasteiger partial charge < -0.3 is 0 Å². The van der Waals surface area contributed by atoms with Gasteiger partial charge in [0.25, 0.3) is 11.8 Å². The molecule has 148 valence electrons. The topological polar surface area (TPSA) is 64.4 Å². The Kier molecular flexibility index (Phi) is 5.21. The summed E-state index contributed by atoms with van der Waals surface area (Å²) in [4.78, 5) is 29.8. The van der Waals surface area contributed by atoms with Crippen molar-refractivity contribution in [1.29, 1.82) is 5.26 Å². The van der Waals surface area contributed by atoms with Gasteiger partial charge in [-0.05, 0) is 86.3 Å². The Labute approximate surface area is 171 Å². The van der Waals surface area contributed by atoms with Crippen molar-refractivity contribution in [3.63, 3.8) is 0 Å². The Hall–Kier alpha value is -2.97. The molecule has 0 radical (unpaired) electrons. The summed E-state index contributed by atoms with van der Waals surface area (Å²) in [5, 5.41) is 8.96. The predicted octanol–water partition coefficient (Wildman–Crippen LogP) is 3.95. The zero-order chi connectivity index (χ0) is 20.5. The minimum absolute atomic E-state index is 0.278. The Morgan fingerprint density at radius 1 is 0.966 bits per heavy atom. The molecule has 1 heterocycles. The molecule has 0 saturated carbocycles. The molecule has 5 heteroatoms. The zero-order valence-corrected chi connectivity index (χ0v) is 16.9. The number of carbonyl (C=O) groups is 2. The summed E-state index contributed by atoms with van der Waals surface area (Å²) in [6.07, 6.45) is 4.11. The number of anilines is 1. The highest BCUT2D eigenvalue weighted by molar-refractivity contribution is 6.34. The van der Waals surface area contributed by atoms with Gasteiger partial charge in [0, 0.05) is 6.04 Å². The van der Waals surface area contributed by atoms with Gasteiger partial charge in [0.15, 0.2) is 0 Å². The molecule has 29 heavy (non-hydrogen) atoms. The van der Waals surface area contributed by atoms with Crippen LogP contribution in [0.4, 0.5) is 5.69 Å². The second-order valence-corrected chi connectivity index (χ2v) is 7.87. The van der Waals surface area contributed by atoms with Crippen LogP contribution in [0.15, 0.2) is 36.4 Å². The third kappa shape index (κ3) is 3.34. The molecule has 0 saturated heterocycles. The van der Waals surface area contributed by atoms with Crippen molar-refractivity contribution in [2.75, 3.05) is 18.0 Å². The molecular weight excluding hydrogens is 362 g/mol. The number of benzene rings is 2. The smallest absolute Gasteiger partial charge is 0.266 e. The first kappa shape index (κ1) is 19.4. The lowest BCUT2D eigenvalue weighted by Gasteiger charge is -2.27. The van der Waals surface area contributed by atoms with Crippen molar-refractivity contribution >= 4 is 17.5 Å². The van der Waals surface area contributed by atoms with Crippen molar-refractivity contribution < 1.29 is 9.59 Å². The van der Waals surface area contributed by atoms with E-state index in [1.54, 1.807) is 24.3 Å². The quantitative estimate of drug-likeness (QED) is 0.704. The lowest BCUT2D eigenvalue weighted by atomic mass is 10.0. The molecule has 0 atom stereocenters. The van der Waals surface area contributed by atoms with E-state index in [4.69, 9.17) is 5.26 Å². The summed E-state index contributed by atoms with van der Waals surface area (Å²) in [5.74, 6) is -0.556. The Morgan fingerprint density at radius 2 is 1.48 bits per heavy atom. The SMILES string of the molecule is CCCN(CCC)C1Cc2cc3c(cc2C1)C(=O)N(c1ccc(C#N)cc1)C3=O. The van der Waals surface area contributed by atoms with Crippen molar-refractivity contribution in [3.05, 3.63) is 64.2 Å². The molecule has 0 aromatic heterocycles. The van der Waals surface area contributed by atoms with Crippen molar-refractivity contribution in [3.8, 4) is 6.07 Å². The first-order valence-electron chi connectivity index (χ1n) is 10.4. The number of hydrogen-bond donors (Lipinski definition) is 0. The fourth-order valence-electron chi connectivity index (χ4n) is 4.57. The van der Waals surface area contributed by atoms with Gasteiger partial charge in [-0.1, -0.05) is 13.8 Å². The van der Waals surface area contributed by atoms with Gasteiger partial charge in [0.1, 0.15) is 0 Å². The highest BCUT2D eigenvalue weighted by Crippen LogP contribution is 2.34. The van der Waals surface area contributed by atoms with Crippen LogP contribution >= 0.6 is 0 Å². The molecule has 1 aliphatic carbocycles. The minimum atomic E-state index is -0.278.